The quantitative estimate of drug-likeness (QED) is 0.591. The maximum Gasteiger partial charge on any atom is 0.0811 e. The fourth-order valence-electron chi connectivity index (χ4n) is 2.88. The second-order valence-corrected chi connectivity index (χ2v) is 6.26. The Bertz CT molecular complexity index is 592. The van der Waals surface area contributed by atoms with Gasteiger partial charge in [-0.05, 0) is 43.4 Å². The number of aliphatic hydroxyl groups excluding tert-OH is 1. The van der Waals surface area contributed by atoms with E-state index in [2.05, 4.69) is 30.1 Å². The number of nitrogens with zero attached hydrogens (tertiary/aromatic N) is 1. The third-order valence-corrected chi connectivity index (χ3v) is 4.29. The third kappa shape index (κ3) is 6.29. The smallest absolute Gasteiger partial charge is 0.0811 e. The molecule has 0 aliphatic rings. The van der Waals surface area contributed by atoms with E-state index >= 15 is 0 Å². The number of allylic oxidation sites excluding steroid dienone is 1. The summed E-state index contributed by atoms with van der Waals surface area (Å²) in [4.78, 5) is 4.44. The monoisotopic (exact) mass is 323 g/mol. The second kappa shape index (κ2) is 10.8. The standard InChI is InChI=1S/C22H29NO/c1-2-3-4-5-9-14-20(21-15-10-11-18-23-21)22(24)17-16-19-12-7-6-8-13-19/h6-8,10-15,18,22,24H,2-5,9,16-17H2,1H3/b20-14+. The van der Waals surface area contributed by atoms with Crippen LogP contribution in [0.5, 0.6) is 0 Å². The van der Waals surface area contributed by atoms with Crippen molar-refractivity contribution in [1.82, 2.24) is 4.98 Å². The molecular formula is C22H29NO. The van der Waals surface area contributed by atoms with Gasteiger partial charge >= 0.3 is 0 Å². The van der Waals surface area contributed by atoms with Crippen LogP contribution in [0.4, 0.5) is 0 Å². The molecule has 1 heterocycles. The Morgan fingerprint density at radius 3 is 2.54 bits per heavy atom. The number of unbranched alkanes of at least 4 members (excludes halogenated alkanes) is 4. The van der Waals surface area contributed by atoms with Crippen LogP contribution in [0.15, 0.2) is 60.8 Å². The van der Waals surface area contributed by atoms with Crippen LogP contribution in [0.25, 0.3) is 5.57 Å². The largest absolute Gasteiger partial charge is 0.388 e. The van der Waals surface area contributed by atoms with E-state index in [1.54, 1.807) is 6.20 Å². The summed E-state index contributed by atoms with van der Waals surface area (Å²) in [7, 11) is 0. The van der Waals surface area contributed by atoms with Crippen molar-refractivity contribution < 1.29 is 5.11 Å². The lowest BCUT2D eigenvalue weighted by atomic mass is 9.97. The Kier molecular flexibility index (Phi) is 8.26. The van der Waals surface area contributed by atoms with E-state index in [4.69, 9.17) is 0 Å². The number of benzene rings is 1. The minimum atomic E-state index is -0.466. The average molecular weight is 323 g/mol. The summed E-state index contributed by atoms with van der Waals surface area (Å²) in [5.41, 5.74) is 3.14. The average Bonchev–Trinajstić information content (AvgIpc) is 2.64. The van der Waals surface area contributed by atoms with Gasteiger partial charge in [-0.3, -0.25) is 4.98 Å². The zero-order valence-electron chi connectivity index (χ0n) is 14.7. The molecule has 1 unspecified atom stereocenters. The first-order valence-corrected chi connectivity index (χ1v) is 9.14. The van der Waals surface area contributed by atoms with E-state index in [0.29, 0.717) is 0 Å². The van der Waals surface area contributed by atoms with Crippen molar-refractivity contribution in [3.63, 3.8) is 0 Å². The number of hydrogen-bond acceptors (Lipinski definition) is 2. The minimum Gasteiger partial charge on any atom is -0.388 e. The SMILES string of the molecule is CCCCCC/C=C(\c1ccccn1)C(O)CCc1ccccc1. The van der Waals surface area contributed by atoms with E-state index in [1.807, 2.05) is 36.4 Å². The molecule has 0 fully saturated rings. The van der Waals surface area contributed by atoms with Crippen LogP contribution in [0.1, 0.15) is 56.7 Å². The number of aliphatic hydroxyl groups is 1. The fraction of sp³-hybridized carbons (Fsp3) is 0.409. The highest BCUT2D eigenvalue weighted by molar-refractivity contribution is 5.65. The highest BCUT2D eigenvalue weighted by Gasteiger charge is 2.14. The van der Waals surface area contributed by atoms with Crippen LogP contribution in [0.2, 0.25) is 0 Å². The summed E-state index contributed by atoms with van der Waals surface area (Å²) in [6.07, 6.45) is 11.1. The Hall–Kier alpha value is -1.93. The predicted octanol–water partition coefficient (Wildman–Crippen LogP) is 5.43. The van der Waals surface area contributed by atoms with E-state index in [-0.39, 0.29) is 0 Å². The Balaban J connectivity index is 2.00. The first kappa shape index (κ1) is 18.4. The van der Waals surface area contributed by atoms with Gasteiger partial charge in [0.1, 0.15) is 0 Å². The summed E-state index contributed by atoms with van der Waals surface area (Å²) in [6.45, 7) is 2.22. The van der Waals surface area contributed by atoms with Gasteiger partial charge in [0.05, 0.1) is 11.8 Å². The summed E-state index contributed by atoms with van der Waals surface area (Å²) >= 11 is 0. The van der Waals surface area contributed by atoms with Crippen LogP contribution in [0, 0.1) is 0 Å². The van der Waals surface area contributed by atoms with Crippen molar-refractivity contribution in [2.75, 3.05) is 0 Å². The van der Waals surface area contributed by atoms with Crippen molar-refractivity contribution in [3.05, 3.63) is 72.1 Å². The maximum absolute atomic E-state index is 10.7. The highest BCUT2D eigenvalue weighted by Crippen LogP contribution is 2.21. The van der Waals surface area contributed by atoms with Crippen LogP contribution < -0.4 is 0 Å². The molecule has 2 heteroatoms. The van der Waals surface area contributed by atoms with Crippen molar-refractivity contribution >= 4 is 5.57 Å². The highest BCUT2D eigenvalue weighted by atomic mass is 16.3. The van der Waals surface area contributed by atoms with Crippen molar-refractivity contribution in [2.24, 2.45) is 0 Å². The zero-order chi connectivity index (χ0) is 17.0. The number of aryl methyl sites for hydroxylation is 1. The van der Waals surface area contributed by atoms with Crippen molar-refractivity contribution in [3.8, 4) is 0 Å². The molecule has 1 N–H and O–H groups in total. The van der Waals surface area contributed by atoms with Gasteiger partial charge < -0.3 is 5.11 Å². The first-order valence-electron chi connectivity index (χ1n) is 9.14. The van der Waals surface area contributed by atoms with Crippen molar-refractivity contribution in [1.29, 1.82) is 0 Å². The molecule has 1 aromatic carbocycles. The van der Waals surface area contributed by atoms with Crippen molar-refractivity contribution in [2.45, 2.75) is 58.0 Å². The summed E-state index contributed by atoms with van der Waals surface area (Å²) in [6, 6.07) is 16.2. The predicted molar refractivity (Wildman–Crippen MR) is 102 cm³/mol. The topological polar surface area (TPSA) is 33.1 Å². The molecule has 24 heavy (non-hydrogen) atoms. The molecule has 0 saturated heterocycles. The number of rotatable bonds is 10. The molecule has 2 nitrogen and oxygen atoms in total. The number of hydrogen-bond donors (Lipinski definition) is 1. The van der Waals surface area contributed by atoms with Gasteiger partial charge in [-0.15, -0.1) is 0 Å². The minimum absolute atomic E-state index is 0.466. The Morgan fingerprint density at radius 1 is 1.04 bits per heavy atom. The normalized spacial score (nSPS) is 13.0. The fourth-order valence-corrected chi connectivity index (χ4v) is 2.88. The van der Waals surface area contributed by atoms with Gasteiger partial charge in [-0.25, -0.2) is 0 Å². The summed E-state index contributed by atoms with van der Waals surface area (Å²) < 4.78 is 0. The van der Waals surface area contributed by atoms with Gasteiger partial charge in [0.2, 0.25) is 0 Å². The van der Waals surface area contributed by atoms with Crippen LogP contribution in [-0.4, -0.2) is 16.2 Å². The van der Waals surface area contributed by atoms with Gasteiger partial charge in [0, 0.05) is 11.8 Å². The van der Waals surface area contributed by atoms with Crippen LogP contribution >= 0.6 is 0 Å². The Morgan fingerprint density at radius 2 is 1.83 bits per heavy atom. The van der Waals surface area contributed by atoms with Crippen LogP contribution in [-0.2, 0) is 6.42 Å². The zero-order valence-corrected chi connectivity index (χ0v) is 14.7. The van der Waals surface area contributed by atoms with E-state index in [9.17, 15) is 5.11 Å². The molecule has 0 spiro atoms. The maximum atomic E-state index is 10.7. The lowest BCUT2D eigenvalue weighted by Crippen LogP contribution is -2.12. The van der Waals surface area contributed by atoms with E-state index in [0.717, 1.165) is 30.5 Å². The molecular weight excluding hydrogens is 294 g/mol. The molecule has 0 aliphatic heterocycles. The van der Waals surface area contributed by atoms with Gasteiger partial charge in [0.25, 0.3) is 0 Å². The molecule has 0 saturated carbocycles. The lowest BCUT2D eigenvalue weighted by molar-refractivity contribution is 0.221. The number of aromatic nitrogens is 1. The first-order chi connectivity index (χ1) is 11.8. The lowest BCUT2D eigenvalue weighted by Gasteiger charge is -2.15. The van der Waals surface area contributed by atoms with Gasteiger partial charge in [-0.2, -0.15) is 0 Å². The molecule has 0 aliphatic carbocycles. The molecule has 1 aromatic heterocycles. The van der Waals surface area contributed by atoms with Gasteiger partial charge in [-0.1, -0.05) is 68.7 Å². The molecule has 0 bridgehead atoms. The Labute approximate surface area is 146 Å². The molecule has 0 radical (unpaired) electrons. The molecule has 2 aromatic rings. The summed E-state index contributed by atoms with van der Waals surface area (Å²) in [5.74, 6) is 0. The molecule has 128 valence electrons. The molecule has 0 amide bonds. The van der Waals surface area contributed by atoms with E-state index < -0.39 is 6.10 Å². The number of pyridine rings is 1. The van der Waals surface area contributed by atoms with E-state index in [1.165, 1.54) is 31.2 Å². The second-order valence-electron chi connectivity index (χ2n) is 6.26. The van der Waals surface area contributed by atoms with Crippen LogP contribution in [0.3, 0.4) is 0 Å². The third-order valence-electron chi connectivity index (χ3n) is 4.29. The summed E-state index contributed by atoms with van der Waals surface area (Å²) in [5, 5.41) is 10.7. The molecule has 2 rings (SSSR count). The van der Waals surface area contributed by atoms with Gasteiger partial charge in [0.15, 0.2) is 0 Å². The molecule has 1 atom stereocenters.